The van der Waals surface area contributed by atoms with Gasteiger partial charge in [-0.05, 0) is 34.5 Å². The molecular formula is C14H18BrN3O2. The number of aromatic nitrogens is 2. The van der Waals surface area contributed by atoms with Gasteiger partial charge in [0.2, 0.25) is 0 Å². The van der Waals surface area contributed by atoms with E-state index in [-0.39, 0.29) is 0 Å². The molecule has 0 unspecified atom stereocenters. The highest BCUT2D eigenvalue weighted by Crippen LogP contribution is 2.31. The molecule has 0 aliphatic heterocycles. The molecule has 20 heavy (non-hydrogen) atoms. The number of halogens is 1. The molecule has 0 atom stereocenters. The van der Waals surface area contributed by atoms with Crippen LogP contribution in [0, 0.1) is 0 Å². The maximum absolute atomic E-state index is 5.82. The topological polar surface area (TPSA) is 62.3 Å². The third kappa shape index (κ3) is 2.90. The van der Waals surface area contributed by atoms with Crippen LogP contribution in [0.25, 0.3) is 0 Å². The molecule has 0 saturated heterocycles. The van der Waals surface area contributed by atoms with Crippen molar-refractivity contribution in [1.82, 2.24) is 9.78 Å². The van der Waals surface area contributed by atoms with Crippen molar-refractivity contribution >= 4 is 21.6 Å². The summed E-state index contributed by atoms with van der Waals surface area (Å²) in [6.07, 6.45) is 0.871. The van der Waals surface area contributed by atoms with Gasteiger partial charge in [-0.1, -0.05) is 6.92 Å². The van der Waals surface area contributed by atoms with Crippen LogP contribution in [0.5, 0.6) is 11.5 Å². The van der Waals surface area contributed by atoms with Crippen molar-refractivity contribution in [3.05, 3.63) is 34.1 Å². The van der Waals surface area contributed by atoms with Gasteiger partial charge in [0.1, 0.15) is 6.61 Å². The molecule has 6 heteroatoms. The Morgan fingerprint density at radius 3 is 2.70 bits per heavy atom. The van der Waals surface area contributed by atoms with E-state index in [1.807, 2.05) is 11.7 Å². The van der Waals surface area contributed by atoms with Crippen LogP contribution in [-0.2, 0) is 20.1 Å². The van der Waals surface area contributed by atoms with Gasteiger partial charge in [0.05, 0.1) is 23.0 Å². The van der Waals surface area contributed by atoms with E-state index in [9.17, 15) is 0 Å². The SMILES string of the molecule is CCc1nn(C)c(COc2cc(N)ccc2OC)c1Br. The number of nitrogens with two attached hydrogens (primary N) is 1. The molecule has 1 heterocycles. The van der Waals surface area contributed by atoms with Crippen LogP contribution < -0.4 is 15.2 Å². The Morgan fingerprint density at radius 2 is 2.10 bits per heavy atom. The second-order valence-electron chi connectivity index (χ2n) is 4.38. The van der Waals surface area contributed by atoms with E-state index in [0.29, 0.717) is 23.8 Å². The second-order valence-corrected chi connectivity index (χ2v) is 5.18. The van der Waals surface area contributed by atoms with Crippen molar-refractivity contribution in [1.29, 1.82) is 0 Å². The smallest absolute Gasteiger partial charge is 0.163 e. The van der Waals surface area contributed by atoms with Crippen molar-refractivity contribution in [3.8, 4) is 11.5 Å². The molecule has 0 fully saturated rings. The normalized spacial score (nSPS) is 10.6. The first-order valence-corrected chi connectivity index (χ1v) is 7.12. The van der Waals surface area contributed by atoms with Gasteiger partial charge in [-0.15, -0.1) is 0 Å². The predicted molar refractivity (Wildman–Crippen MR) is 82.0 cm³/mol. The average molecular weight is 340 g/mol. The average Bonchev–Trinajstić information content (AvgIpc) is 2.71. The lowest BCUT2D eigenvalue weighted by Crippen LogP contribution is -2.04. The monoisotopic (exact) mass is 339 g/mol. The molecule has 2 aromatic rings. The first-order valence-electron chi connectivity index (χ1n) is 6.33. The molecule has 1 aromatic heterocycles. The maximum atomic E-state index is 5.82. The zero-order valence-electron chi connectivity index (χ0n) is 11.8. The summed E-state index contributed by atoms with van der Waals surface area (Å²) >= 11 is 3.57. The van der Waals surface area contributed by atoms with Crippen LogP contribution in [0.2, 0.25) is 0 Å². The fourth-order valence-electron chi connectivity index (χ4n) is 1.93. The van der Waals surface area contributed by atoms with E-state index < -0.39 is 0 Å². The van der Waals surface area contributed by atoms with Crippen LogP contribution in [0.3, 0.4) is 0 Å². The van der Waals surface area contributed by atoms with Gasteiger partial charge in [0.15, 0.2) is 11.5 Å². The number of hydrogen-bond acceptors (Lipinski definition) is 4. The first-order chi connectivity index (χ1) is 9.56. The number of nitrogens with zero attached hydrogens (tertiary/aromatic N) is 2. The number of aryl methyl sites for hydroxylation is 2. The molecular weight excluding hydrogens is 322 g/mol. The van der Waals surface area contributed by atoms with Crippen LogP contribution in [0.15, 0.2) is 22.7 Å². The van der Waals surface area contributed by atoms with Crippen molar-refractivity contribution in [2.75, 3.05) is 12.8 Å². The summed E-state index contributed by atoms with van der Waals surface area (Å²) in [5.74, 6) is 1.28. The Bertz CT molecular complexity index is 611. The van der Waals surface area contributed by atoms with Gasteiger partial charge in [-0.25, -0.2) is 0 Å². The fourth-order valence-corrected chi connectivity index (χ4v) is 2.66. The van der Waals surface area contributed by atoms with Crippen molar-refractivity contribution in [3.63, 3.8) is 0 Å². The zero-order valence-corrected chi connectivity index (χ0v) is 13.4. The lowest BCUT2D eigenvalue weighted by Gasteiger charge is -2.11. The molecule has 0 aliphatic rings. The lowest BCUT2D eigenvalue weighted by molar-refractivity contribution is 0.275. The largest absolute Gasteiger partial charge is 0.493 e. The van der Waals surface area contributed by atoms with Crippen LogP contribution in [0.1, 0.15) is 18.3 Å². The molecule has 0 amide bonds. The van der Waals surface area contributed by atoms with Gasteiger partial charge < -0.3 is 15.2 Å². The number of methoxy groups -OCH3 is 1. The predicted octanol–water partition coefficient (Wildman–Crippen LogP) is 2.91. The summed E-state index contributed by atoms with van der Waals surface area (Å²) in [6, 6.07) is 5.32. The molecule has 1 aromatic carbocycles. The van der Waals surface area contributed by atoms with Gasteiger partial charge in [0, 0.05) is 18.8 Å². The number of nitrogen functional groups attached to an aromatic ring is 1. The van der Waals surface area contributed by atoms with E-state index in [1.165, 1.54) is 0 Å². The Kier molecular flexibility index (Phi) is 4.54. The minimum atomic E-state index is 0.393. The van der Waals surface area contributed by atoms with E-state index in [2.05, 4.69) is 28.0 Å². The Balaban J connectivity index is 2.21. The van der Waals surface area contributed by atoms with Gasteiger partial charge in [-0.3, -0.25) is 4.68 Å². The number of anilines is 1. The number of ether oxygens (including phenoxy) is 2. The molecule has 5 nitrogen and oxygen atoms in total. The fraction of sp³-hybridized carbons (Fsp3) is 0.357. The molecule has 2 rings (SSSR count). The minimum absolute atomic E-state index is 0.393. The quantitative estimate of drug-likeness (QED) is 0.850. The Morgan fingerprint density at radius 1 is 1.35 bits per heavy atom. The molecule has 0 saturated carbocycles. The van der Waals surface area contributed by atoms with E-state index in [1.54, 1.807) is 25.3 Å². The summed E-state index contributed by atoms with van der Waals surface area (Å²) < 4.78 is 13.9. The number of rotatable bonds is 5. The minimum Gasteiger partial charge on any atom is -0.493 e. The summed E-state index contributed by atoms with van der Waals surface area (Å²) in [7, 11) is 3.51. The standard InChI is InChI=1S/C14H18BrN3O2/c1-4-10-14(15)11(18(2)17-10)8-20-13-7-9(16)5-6-12(13)19-3/h5-7H,4,8,16H2,1-3H3. The Hall–Kier alpha value is -1.69. The molecule has 108 valence electrons. The highest BCUT2D eigenvalue weighted by Gasteiger charge is 2.14. The number of hydrogen-bond donors (Lipinski definition) is 1. The van der Waals surface area contributed by atoms with Gasteiger partial charge >= 0.3 is 0 Å². The second kappa shape index (κ2) is 6.17. The molecule has 0 spiro atoms. The molecule has 0 bridgehead atoms. The van der Waals surface area contributed by atoms with E-state index in [4.69, 9.17) is 15.2 Å². The van der Waals surface area contributed by atoms with Crippen LogP contribution >= 0.6 is 15.9 Å². The summed E-state index contributed by atoms with van der Waals surface area (Å²) in [6.45, 7) is 2.46. The highest BCUT2D eigenvalue weighted by molar-refractivity contribution is 9.10. The third-order valence-corrected chi connectivity index (χ3v) is 3.97. The van der Waals surface area contributed by atoms with Crippen molar-refractivity contribution in [2.24, 2.45) is 7.05 Å². The van der Waals surface area contributed by atoms with Gasteiger partial charge in [0.25, 0.3) is 0 Å². The lowest BCUT2D eigenvalue weighted by atomic mass is 10.3. The van der Waals surface area contributed by atoms with Crippen LogP contribution in [-0.4, -0.2) is 16.9 Å². The van der Waals surface area contributed by atoms with Crippen molar-refractivity contribution < 1.29 is 9.47 Å². The van der Waals surface area contributed by atoms with E-state index in [0.717, 1.165) is 22.3 Å². The van der Waals surface area contributed by atoms with E-state index >= 15 is 0 Å². The maximum Gasteiger partial charge on any atom is 0.163 e. The number of benzene rings is 1. The summed E-state index contributed by atoms with van der Waals surface area (Å²) in [5.41, 5.74) is 8.41. The van der Waals surface area contributed by atoms with Crippen molar-refractivity contribution in [2.45, 2.75) is 20.0 Å². The molecule has 0 aliphatic carbocycles. The molecule has 0 radical (unpaired) electrons. The summed E-state index contributed by atoms with van der Waals surface area (Å²) in [5, 5.41) is 4.43. The third-order valence-electron chi connectivity index (χ3n) is 3.06. The molecule has 2 N–H and O–H groups in total. The Labute approximate surface area is 126 Å². The van der Waals surface area contributed by atoms with Gasteiger partial charge in [-0.2, -0.15) is 5.10 Å². The zero-order chi connectivity index (χ0) is 14.7. The summed E-state index contributed by atoms with van der Waals surface area (Å²) in [4.78, 5) is 0. The highest BCUT2D eigenvalue weighted by atomic mass is 79.9. The van der Waals surface area contributed by atoms with Crippen LogP contribution in [0.4, 0.5) is 5.69 Å². The first kappa shape index (κ1) is 14.7.